The maximum Gasteiger partial charge on any atom is 0.163 e. The molecule has 0 N–H and O–H groups in total. The Labute approximate surface area is 437 Å². The van der Waals surface area contributed by atoms with Gasteiger partial charge >= 0.3 is 0 Å². The predicted octanol–water partition coefficient (Wildman–Crippen LogP) is 15.7. The van der Waals surface area contributed by atoms with Crippen LogP contribution in [0.1, 0.15) is 111 Å². The minimum Gasteiger partial charge on any atom is -0.0730 e. The molecule has 0 bridgehead atoms. The fraction of sp³-hybridized carbons (Fsp3) is 0.194. The second-order valence-corrected chi connectivity index (χ2v) is 25.2. The second kappa shape index (κ2) is 21.4. The van der Waals surface area contributed by atoms with E-state index in [0.717, 1.165) is 38.5 Å². The van der Waals surface area contributed by atoms with Gasteiger partial charge in [-0.25, -0.2) is 0 Å². The number of benzene rings is 9. The molecule has 9 aromatic rings. The van der Waals surface area contributed by atoms with Crippen LogP contribution in [-0.4, -0.2) is 8.07 Å². The van der Waals surface area contributed by atoms with Crippen molar-refractivity contribution in [1.82, 2.24) is 0 Å². The molecular formula is C72H70Si. The zero-order chi connectivity index (χ0) is 50.5. The van der Waals surface area contributed by atoms with Crippen LogP contribution in [0.15, 0.2) is 241 Å². The molecule has 1 aliphatic rings. The molecule has 0 aromatic heterocycles. The topological polar surface area (TPSA) is 0 Å². The lowest BCUT2D eigenvalue weighted by molar-refractivity contribution is 0.865. The lowest BCUT2D eigenvalue weighted by Crippen LogP contribution is -2.77. The minimum absolute atomic E-state index is 0.397. The summed E-state index contributed by atoms with van der Waals surface area (Å²) >= 11 is 0. The van der Waals surface area contributed by atoms with Gasteiger partial charge in [0.2, 0.25) is 0 Å². The molecule has 0 saturated heterocycles. The average molecular weight is 963 g/mol. The van der Waals surface area contributed by atoms with Crippen LogP contribution in [-0.2, 0) is 38.5 Å². The molecular weight excluding hydrogens is 893 g/mol. The van der Waals surface area contributed by atoms with E-state index in [0.29, 0.717) is 0 Å². The Morgan fingerprint density at radius 3 is 0.726 bits per heavy atom. The van der Waals surface area contributed by atoms with Crippen molar-refractivity contribution >= 4 is 23.6 Å². The molecule has 0 nitrogen and oxygen atoms in total. The zero-order valence-electron chi connectivity index (χ0n) is 44.1. The van der Waals surface area contributed by atoms with Crippen LogP contribution in [0.3, 0.4) is 0 Å². The first kappa shape index (κ1) is 49.3. The van der Waals surface area contributed by atoms with E-state index in [-0.39, 0.29) is 0 Å². The summed E-state index contributed by atoms with van der Waals surface area (Å²) in [5, 5.41) is 4.34. The van der Waals surface area contributed by atoms with Crippen molar-refractivity contribution in [3.8, 4) is 0 Å². The van der Waals surface area contributed by atoms with E-state index in [1.54, 1.807) is 15.6 Å². The van der Waals surface area contributed by atoms with E-state index in [9.17, 15) is 0 Å². The zero-order valence-corrected chi connectivity index (χ0v) is 45.1. The summed E-state index contributed by atoms with van der Waals surface area (Å²) in [6.07, 6.45) is 7.88. The summed E-state index contributed by atoms with van der Waals surface area (Å²) < 4.78 is 0. The summed E-state index contributed by atoms with van der Waals surface area (Å²) in [4.78, 5) is 0. The number of hydrogen-bond donors (Lipinski definition) is 0. The van der Waals surface area contributed by atoms with E-state index < -0.39 is 13.1 Å². The van der Waals surface area contributed by atoms with E-state index in [2.05, 4.69) is 273 Å². The van der Waals surface area contributed by atoms with Crippen LogP contribution in [0.5, 0.6) is 0 Å². The number of hydrogen-bond acceptors (Lipinski definition) is 0. The fourth-order valence-corrected chi connectivity index (χ4v) is 20.4. The maximum atomic E-state index is 2.77. The van der Waals surface area contributed by atoms with Gasteiger partial charge < -0.3 is 0 Å². The van der Waals surface area contributed by atoms with Gasteiger partial charge in [-0.05, 0) is 185 Å². The van der Waals surface area contributed by atoms with Crippen LogP contribution < -0.4 is 15.6 Å². The smallest absolute Gasteiger partial charge is 0.0730 e. The van der Waals surface area contributed by atoms with Gasteiger partial charge in [0.1, 0.15) is 0 Å². The van der Waals surface area contributed by atoms with Crippen LogP contribution in [0.25, 0.3) is 0 Å². The van der Waals surface area contributed by atoms with Gasteiger partial charge in [-0.15, -0.1) is 0 Å². The second-order valence-electron chi connectivity index (χ2n) is 21.2. The normalized spacial score (nSPS) is 14.6. The molecule has 362 valence electrons. The van der Waals surface area contributed by atoms with Gasteiger partial charge in [-0.3, -0.25) is 0 Å². The molecule has 1 aliphatic carbocycles. The van der Waals surface area contributed by atoms with Gasteiger partial charge in [-0.2, -0.15) is 0 Å². The minimum atomic E-state index is -3.57. The van der Waals surface area contributed by atoms with Gasteiger partial charge in [0, 0.05) is 5.04 Å². The molecule has 1 unspecified atom stereocenters. The molecule has 0 aliphatic heterocycles. The van der Waals surface area contributed by atoms with Gasteiger partial charge in [0.25, 0.3) is 0 Å². The lowest BCUT2D eigenvalue weighted by atomic mass is 9.94. The highest BCUT2D eigenvalue weighted by Crippen LogP contribution is 2.55. The van der Waals surface area contributed by atoms with Crippen molar-refractivity contribution in [2.75, 3.05) is 0 Å². The third-order valence-corrected chi connectivity index (χ3v) is 23.2. The first-order valence-corrected chi connectivity index (χ1v) is 28.5. The summed E-state index contributed by atoms with van der Waals surface area (Å²) in [6, 6.07) is 82.6. The molecule has 0 fully saturated rings. The van der Waals surface area contributed by atoms with E-state index in [1.807, 2.05) is 0 Å². The molecule has 0 amide bonds. The van der Waals surface area contributed by atoms with Crippen molar-refractivity contribution in [3.63, 3.8) is 0 Å². The molecule has 73 heavy (non-hydrogen) atoms. The lowest BCUT2D eigenvalue weighted by Gasteiger charge is -2.52. The molecule has 1 atom stereocenters. The highest BCUT2D eigenvalue weighted by molar-refractivity contribution is 7.15. The molecule has 10 rings (SSSR count). The SMILES string of the molecule is CC1=CC(C)([Si](c2c(Cc3ccccc3)ccc(Cc3ccccc3)c2C)(c2c(Cc3ccccc3)ccc(Cc3ccccc3)c2C)c2c(Cc3ccccc3)ccc(Cc3ccccc3)c2C)C(C)=C1C. The summed E-state index contributed by atoms with van der Waals surface area (Å²) in [7, 11) is -3.57. The molecule has 0 spiro atoms. The molecule has 0 radical (unpaired) electrons. The van der Waals surface area contributed by atoms with Crippen molar-refractivity contribution in [2.24, 2.45) is 0 Å². The van der Waals surface area contributed by atoms with E-state index in [4.69, 9.17) is 0 Å². The van der Waals surface area contributed by atoms with Crippen molar-refractivity contribution in [3.05, 3.63) is 325 Å². The third-order valence-electron chi connectivity index (χ3n) is 16.8. The fourth-order valence-electron chi connectivity index (χ4n) is 12.8. The Morgan fingerprint density at radius 2 is 0.507 bits per heavy atom. The molecule has 1 heteroatoms. The number of allylic oxidation sites excluding steroid dienone is 4. The third kappa shape index (κ3) is 9.72. The Hall–Kier alpha value is -7.32. The number of rotatable bonds is 16. The van der Waals surface area contributed by atoms with Crippen LogP contribution >= 0.6 is 0 Å². The van der Waals surface area contributed by atoms with Crippen LogP contribution in [0.2, 0.25) is 5.04 Å². The molecule has 0 saturated carbocycles. The van der Waals surface area contributed by atoms with Gasteiger partial charge in [-0.1, -0.05) is 243 Å². The summed E-state index contributed by atoms with van der Waals surface area (Å²) in [5.74, 6) is 0. The Bertz CT molecular complexity index is 3090. The van der Waals surface area contributed by atoms with Crippen LogP contribution in [0, 0.1) is 20.8 Å². The van der Waals surface area contributed by atoms with Crippen molar-refractivity contribution in [1.29, 1.82) is 0 Å². The molecule has 9 aromatic carbocycles. The standard InChI is InChI=1S/C72H70Si/c1-51-50-72(7,56(6)52(51)2)73(69-53(3)63(44-57-26-14-8-15-27-57)38-41-66(69)47-60-32-20-11-21-33-60,70-54(4)64(45-58-28-16-9-17-29-58)39-42-67(70)48-61-34-22-12-23-35-61)71-55(5)65(46-59-30-18-10-19-31-59)40-43-68(71)49-62-36-24-13-25-37-62/h8-43,50H,44-49H2,1-7H3. The van der Waals surface area contributed by atoms with Crippen LogP contribution in [0.4, 0.5) is 0 Å². The highest BCUT2D eigenvalue weighted by atomic mass is 28.3. The Balaban J connectivity index is 1.46. The highest BCUT2D eigenvalue weighted by Gasteiger charge is 2.60. The Morgan fingerprint density at radius 1 is 0.288 bits per heavy atom. The van der Waals surface area contributed by atoms with Crippen molar-refractivity contribution < 1.29 is 0 Å². The monoisotopic (exact) mass is 963 g/mol. The van der Waals surface area contributed by atoms with E-state index >= 15 is 0 Å². The predicted molar refractivity (Wildman–Crippen MR) is 314 cm³/mol. The summed E-state index contributed by atoms with van der Waals surface area (Å²) in [5.41, 5.74) is 25.2. The first-order chi connectivity index (χ1) is 35.5. The van der Waals surface area contributed by atoms with E-state index in [1.165, 1.54) is 100 Å². The quantitative estimate of drug-likeness (QED) is 0.0669. The first-order valence-electron chi connectivity index (χ1n) is 26.5. The Kier molecular flexibility index (Phi) is 14.4. The summed E-state index contributed by atoms with van der Waals surface area (Å²) in [6.45, 7) is 17.5. The van der Waals surface area contributed by atoms with Crippen molar-refractivity contribution in [2.45, 2.75) is 92.0 Å². The van der Waals surface area contributed by atoms with Gasteiger partial charge in [0.05, 0.1) is 0 Å². The molecule has 0 heterocycles. The largest absolute Gasteiger partial charge is 0.163 e. The average Bonchev–Trinajstić information content (AvgIpc) is 3.62. The van der Waals surface area contributed by atoms with Gasteiger partial charge in [0.15, 0.2) is 8.07 Å². The maximum absolute atomic E-state index is 3.57.